The molecular formula is C16H31NO2. The van der Waals surface area contributed by atoms with Crippen LogP contribution in [0.2, 0.25) is 0 Å². The van der Waals surface area contributed by atoms with E-state index in [1.54, 1.807) is 0 Å². The Morgan fingerprint density at radius 2 is 1.63 bits per heavy atom. The third kappa shape index (κ3) is 15.0. The molecule has 0 atom stereocenters. The fourth-order valence-electron chi connectivity index (χ4n) is 2.17. The number of carbonyl (C=O) groups is 1. The van der Waals surface area contributed by atoms with Gasteiger partial charge >= 0.3 is 0 Å². The summed E-state index contributed by atoms with van der Waals surface area (Å²) in [5.41, 5.74) is 0. The zero-order chi connectivity index (χ0) is 14.3. The Hall–Kier alpha value is -0.990. The molecule has 19 heavy (non-hydrogen) atoms. The van der Waals surface area contributed by atoms with Crippen LogP contribution in [0.3, 0.4) is 0 Å². The molecule has 1 aliphatic heterocycles. The highest BCUT2D eigenvalue weighted by Crippen LogP contribution is 2.10. The number of unbranched alkanes of at least 4 members (excludes halogenated alkanes) is 7. The molecule has 1 rings (SSSR count). The molecule has 0 fully saturated rings. The van der Waals surface area contributed by atoms with Crippen molar-refractivity contribution >= 4 is 5.97 Å². The molecule has 1 heterocycles. The quantitative estimate of drug-likeness (QED) is 0.629. The van der Waals surface area contributed by atoms with E-state index in [1.807, 2.05) is 0 Å². The summed E-state index contributed by atoms with van der Waals surface area (Å²) in [7, 11) is 0. The fraction of sp³-hybridized carbons (Fsp3) is 0.812. The van der Waals surface area contributed by atoms with Gasteiger partial charge in [-0.05, 0) is 19.0 Å². The van der Waals surface area contributed by atoms with Gasteiger partial charge in [-0.1, -0.05) is 57.9 Å². The van der Waals surface area contributed by atoms with Crippen LogP contribution in [0.1, 0.15) is 71.6 Å². The lowest BCUT2D eigenvalue weighted by molar-refractivity contribution is -0.134. The average Bonchev–Trinajstić information content (AvgIpc) is 2.85. The maximum absolute atomic E-state index is 9.00. The highest BCUT2D eigenvalue weighted by atomic mass is 16.4. The van der Waals surface area contributed by atoms with Crippen molar-refractivity contribution in [2.75, 3.05) is 13.1 Å². The van der Waals surface area contributed by atoms with E-state index in [1.165, 1.54) is 70.9 Å². The highest BCUT2D eigenvalue weighted by Gasteiger charge is 2.02. The Morgan fingerprint density at radius 1 is 1.11 bits per heavy atom. The maximum atomic E-state index is 9.00. The standard InChI is InChI=1S/C14H27N.C2H4O2/c1-2-3-4-5-6-7-8-9-12-15-13-10-11-14-15;1-2(3)4/h10,13H,2-9,11-12,14H2,1H3;1H3,(H,3,4). The molecule has 0 aromatic heterocycles. The van der Waals surface area contributed by atoms with Crippen LogP contribution in [0.15, 0.2) is 12.3 Å². The number of hydrogen-bond acceptors (Lipinski definition) is 2. The lowest BCUT2D eigenvalue weighted by Gasteiger charge is -2.14. The van der Waals surface area contributed by atoms with Crippen molar-refractivity contribution < 1.29 is 9.90 Å². The molecule has 3 heteroatoms. The first-order chi connectivity index (χ1) is 9.16. The van der Waals surface area contributed by atoms with Gasteiger partial charge in [0.2, 0.25) is 0 Å². The normalized spacial score (nSPS) is 13.3. The van der Waals surface area contributed by atoms with Crippen LogP contribution in [-0.4, -0.2) is 29.1 Å². The summed E-state index contributed by atoms with van der Waals surface area (Å²) in [5, 5.41) is 7.42. The van der Waals surface area contributed by atoms with E-state index < -0.39 is 5.97 Å². The van der Waals surface area contributed by atoms with Gasteiger partial charge in [-0.15, -0.1) is 0 Å². The number of aliphatic carboxylic acids is 1. The van der Waals surface area contributed by atoms with Crippen LogP contribution in [0, 0.1) is 0 Å². The molecule has 3 nitrogen and oxygen atoms in total. The molecule has 0 amide bonds. The van der Waals surface area contributed by atoms with Crippen molar-refractivity contribution in [1.29, 1.82) is 0 Å². The van der Waals surface area contributed by atoms with Crippen LogP contribution < -0.4 is 0 Å². The lowest BCUT2D eigenvalue weighted by atomic mass is 10.1. The van der Waals surface area contributed by atoms with Gasteiger partial charge in [0.15, 0.2) is 0 Å². The van der Waals surface area contributed by atoms with Crippen LogP contribution in [0.25, 0.3) is 0 Å². The lowest BCUT2D eigenvalue weighted by Crippen LogP contribution is -2.15. The summed E-state index contributed by atoms with van der Waals surface area (Å²) in [6, 6.07) is 0. The summed E-state index contributed by atoms with van der Waals surface area (Å²) in [6.45, 7) is 5.91. The molecule has 0 aliphatic carbocycles. The Balaban J connectivity index is 0.000000711. The third-order valence-electron chi connectivity index (χ3n) is 3.20. The second-order valence-corrected chi connectivity index (χ2v) is 5.20. The number of carboxylic acid groups (broad SMARTS) is 1. The minimum absolute atomic E-state index is 0.833. The molecule has 0 aromatic rings. The molecule has 0 saturated heterocycles. The van der Waals surface area contributed by atoms with Crippen molar-refractivity contribution in [2.24, 2.45) is 0 Å². The molecule has 1 N–H and O–H groups in total. The average molecular weight is 269 g/mol. The van der Waals surface area contributed by atoms with Crippen molar-refractivity contribution in [3.63, 3.8) is 0 Å². The third-order valence-corrected chi connectivity index (χ3v) is 3.20. The topological polar surface area (TPSA) is 40.5 Å². The minimum Gasteiger partial charge on any atom is -0.481 e. The van der Waals surface area contributed by atoms with Crippen molar-refractivity contribution in [3.8, 4) is 0 Å². The van der Waals surface area contributed by atoms with Crippen molar-refractivity contribution in [3.05, 3.63) is 12.3 Å². The van der Waals surface area contributed by atoms with Gasteiger partial charge in [-0.25, -0.2) is 0 Å². The first kappa shape index (κ1) is 18.0. The van der Waals surface area contributed by atoms with E-state index in [0.717, 1.165) is 6.92 Å². The molecular weight excluding hydrogens is 238 g/mol. The number of rotatable bonds is 9. The largest absolute Gasteiger partial charge is 0.481 e. The Labute approximate surface area is 118 Å². The van der Waals surface area contributed by atoms with Crippen LogP contribution in [0.5, 0.6) is 0 Å². The molecule has 1 aliphatic rings. The van der Waals surface area contributed by atoms with E-state index in [-0.39, 0.29) is 0 Å². The smallest absolute Gasteiger partial charge is 0.300 e. The molecule has 0 radical (unpaired) electrons. The van der Waals surface area contributed by atoms with Crippen LogP contribution >= 0.6 is 0 Å². The molecule has 0 unspecified atom stereocenters. The van der Waals surface area contributed by atoms with E-state index in [4.69, 9.17) is 9.90 Å². The van der Waals surface area contributed by atoms with Crippen LogP contribution in [0.4, 0.5) is 0 Å². The summed E-state index contributed by atoms with van der Waals surface area (Å²) >= 11 is 0. The van der Waals surface area contributed by atoms with Crippen molar-refractivity contribution in [1.82, 2.24) is 4.90 Å². The fourth-order valence-corrected chi connectivity index (χ4v) is 2.17. The molecule has 0 saturated carbocycles. The van der Waals surface area contributed by atoms with Gasteiger partial charge in [-0.2, -0.15) is 0 Å². The van der Waals surface area contributed by atoms with Gasteiger partial charge in [0, 0.05) is 20.0 Å². The van der Waals surface area contributed by atoms with Gasteiger partial charge in [-0.3, -0.25) is 4.79 Å². The predicted octanol–water partition coefficient (Wildman–Crippen LogP) is 4.44. The summed E-state index contributed by atoms with van der Waals surface area (Å²) in [6.07, 6.45) is 17.2. The second kappa shape index (κ2) is 13.4. The van der Waals surface area contributed by atoms with Gasteiger partial charge in [0.1, 0.15) is 0 Å². The van der Waals surface area contributed by atoms with Crippen molar-refractivity contribution in [2.45, 2.75) is 71.6 Å². The monoisotopic (exact) mass is 269 g/mol. The number of hydrogen-bond donors (Lipinski definition) is 1. The predicted molar refractivity (Wildman–Crippen MR) is 81.2 cm³/mol. The Morgan fingerprint density at radius 3 is 2.11 bits per heavy atom. The molecule has 0 aromatic carbocycles. The van der Waals surface area contributed by atoms with Gasteiger partial charge in [0.05, 0.1) is 0 Å². The zero-order valence-electron chi connectivity index (χ0n) is 12.7. The van der Waals surface area contributed by atoms with E-state index in [0.29, 0.717) is 0 Å². The Bertz CT molecular complexity index is 235. The van der Waals surface area contributed by atoms with Gasteiger partial charge < -0.3 is 10.0 Å². The summed E-state index contributed by atoms with van der Waals surface area (Å²) in [4.78, 5) is 11.5. The highest BCUT2D eigenvalue weighted by molar-refractivity contribution is 5.62. The zero-order valence-corrected chi connectivity index (χ0v) is 12.7. The Kier molecular flexibility index (Phi) is 12.7. The minimum atomic E-state index is -0.833. The summed E-state index contributed by atoms with van der Waals surface area (Å²) in [5.74, 6) is -0.833. The summed E-state index contributed by atoms with van der Waals surface area (Å²) < 4.78 is 0. The van der Waals surface area contributed by atoms with Crippen LogP contribution in [-0.2, 0) is 4.79 Å². The number of carboxylic acids is 1. The maximum Gasteiger partial charge on any atom is 0.300 e. The van der Waals surface area contributed by atoms with E-state index in [9.17, 15) is 0 Å². The molecule has 112 valence electrons. The first-order valence-corrected chi connectivity index (χ1v) is 7.77. The van der Waals surface area contributed by atoms with E-state index >= 15 is 0 Å². The SMILES string of the molecule is CC(=O)O.CCCCCCCCCCN1C=CCC1. The van der Waals surface area contributed by atoms with E-state index in [2.05, 4.69) is 24.1 Å². The number of nitrogens with zero attached hydrogens (tertiary/aromatic N) is 1. The molecule has 0 spiro atoms. The molecule has 0 bridgehead atoms. The second-order valence-electron chi connectivity index (χ2n) is 5.20. The first-order valence-electron chi connectivity index (χ1n) is 7.77. The van der Waals surface area contributed by atoms with Gasteiger partial charge in [0.25, 0.3) is 5.97 Å².